The molecule has 1 saturated heterocycles. The minimum atomic E-state index is -0.260. The number of aryl methyl sites for hydroxylation is 1. The van der Waals surface area contributed by atoms with Crippen LogP contribution in [0, 0.1) is 12.7 Å². The maximum absolute atomic E-state index is 13.1. The predicted molar refractivity (Wildman–Crippen MR) is 115 cm³/mol. The van der Waals surface area contributed by atoms with Crippen LogP contribution in [0.2, 0.25) is 0 Å². The Morgan fingerprint density at radius 1 is 1.06 bits per heavy atom. The number of carbonyl (C=O) groups excluding carboxylic acids is 3. The van der Waals surface area contributed by atoms with Crippen molar-refractivity contribution in [1.82, 2.24) is 9.80 Å². The van der Waals surface area contributed by atoms with Crippen molar-refractivity contribution in [2.75, 3.05) is 19.7 Å². The van der Waals surface area contributed by atoms with E-state index < -0.39 is 0 Å². The van der Waals surface area contributed by atoms with Crippen LogP contribution in [-0.4, -0.2) is 60.1 Å². The van der Waals surface area contributed by atoms with Crippen LogP contribution in [0.5, 0.6) is 5.75 Å². The van der Waals surface area contributed by atoms with Gasteiger partial charge in [0.15, 0.2) is 19.2 Å². The first-order valence-electron chi connectivity index (χ1n) is 10.3. The Morgan fingerprint density at radius 3 is 2.26 bits per heavy atom. The molecule has 2 aromatic carbocycles. The normalized spacial score (nSPS) is 19.2. The molecular weight excluding hydrogens is 399 g/mol. The largest absolute Gasteiger partial charge is 0.482 e. The Labute approximate surface area is 181 Å². The number of benzene rings is 2. The number of carbonyl (C=O) groups is 3. The lowest BCUT2D eigenvalue weighted by Gasteiger charge is -2.44. The van der Waals surface area contributed by atoms with Gasteiger partial charge in [-0.2, -0.15) is 0 Å². The first-order chi connectivity index (χ1) is 14.8. The van der Waals surface area contributed by atoms with E-state index in [1.807, 2.05) is 13.8 Å². The summed E-state index contributed by atoms with van der Waals surface area (Å²) < 4.78 is 18.8. The molecule has 164 valence electrons. The Balaban J connectivity index is 1.64. The molecule has 31 heavy (non-hydrogen) atoms. The molecule has 0 spiro atoms. The molecule has 7 heteroatoms. The molecule has 1 amide bonds. The first-order valence-corrected chi connectivity index (χ1v) is 10.3. The number of piperazine rings is 1. The van der Waals surface area contributed by atoms with Crippen LogP contribution in [0.15, 0.2) is 36.4 Å². The van der Waals surface area contributed by atoms with Gasteiger partial charge in [0.25, 0.3) is 5.91 Å². The third-order valence-electron chi connectivity index (χ3n) is 5.62. The predicted octanol–water partition coefficient (Wildman–Crippen LogP) is 3.26. The van der Waals surface area contributed by atoms with Gasteiger partial charge in [-0.3, -0.25) is 19.3 Å². The fourth-order valence-corrected chi connectivity index (χ4v) is 3.98. The minimum Gasteiger partial charge on any atom is -0.482 e. The molecule has 2 atom stereocenters. The zero-order chi connectivity index (χ0) is 22.5. The lowest BCUT2D eigenvalue weighted by Crippen LogP contribution is -2.58. The lowest BCUT2D eigenvalue weighted by atomic mass is 10.1. The second-order valence-corrected chi connectivity index (χ2v) is 8.10. The van der Waals surface area contributed by atoms with E-state index in [0.29, 0.717) is 32.2 Å². The molecule has 3 rings (SSSR count). The SMILES string of the molecule is Cc1cc(C=O)c(OCC(=O)N2C[C@H](C)N(Cc3ccc(F)cc3)C[C@H]2C)c(C=O)c1. The average Bonchev–Trinajstić information content (AvgIpc) is 2.75. The molecule has 1 heterocycles. The van der Waals surface area contributed by atoms with Crippen molar-refractivity contribution in [1.29, 1.82) is 0 Å². The van der Waals surface area contributed by atoms with Gasteiger partial charge in [0.1, 0.15) is 11.6 Å². The van der Waals surface area contributed by atoms with Gasteiger partial charge in [-0.15, -0.1) is 0 Å². The van der Waals surface area contributed by atoms with Crippen molar-refractivity contribution in [2.24, 2.45) is 0 Å². The molecule has 0 unspecified atom stereocenters. The maximum atomic E-state index is 13.1. The number of ether oxygens (including phenoxy) is 1. The fourth-order valence-electron chi connectivity index (χ4n) is 3.98. The lowest BCUT2D eigenvalue weighted by molar-refractivity contribution is -0.139. The van der Waals surface area contributed by atoms with Crippen molar-refractivity contribution in [2.45, 2.75) is 39.4 Å². The van der Waals surface area contributed by atoms with Crippen molar-refractivity contribution >= 4 is 18.5 Å². The summed E-state index contributed by atoms with van der Waals surface area (Å²) in [4.78, 5) is 39.6. The van der Waals surface area contributed by atoms with Gasteiger partial charge in [-0.1, -0.05) is 12.1 Å². The molecule has 2 aromatic rings. The van der Waals surface area contributed by atoms with Crippen LogP contribution in [0.1, 0.15) is 45.7 Å². The second-order valence-electron chi connectivity index (χ2n) is 8.10. The molecule has 0 N–H and O–H groups in total. The molecule has 0 aromatic heterocycles. The van der Waals surface area contributed by atoms with Gasteiger partial charge >= 0.3 is 0 Å². The molecule has 6 nitrogen and oxygen atoms in total. The van der Waals surface area contributed by atoms with Crippen molar-refractivity contribution < 1.29 is 23.5 Å². The summed E-state index contributed by atoms with van der Waals surface area (Å²) in [5, 5.41) is 0. The number of rotatable bonds is 7. The van der Waals surface area contributed by atoms with Crippen LogP contribution in [-0.2, 0) is 11.3 Å². The number of halogens is 1. The van der Waals surface area contributed by atoms with E-state index >= 15 is 0 Å². The van der Waals surface area contributed by atoms with Crippen LogP contribution in [0.3, 0.4) is 0 Å². The van der Waals surface area contributed by atoms with Gasteiger partial charge in [0.05, 0.1) is 11.1 Å². The zero-order valence-corrected chi connectivity index (χ0v) is 18.0. The van der Waals surface area contributed by atoms with Crippen molar-refractivity contribution in [3.63, 3.8) is 0 Å². The third-order valence-corrected chi connectivity index (χ3v) is 5.62. The molecule has 1 aliphatic heterocycles. The van der Waals surface area contributed by atoms with Crippen LogP contribution in [0.4, 0.5) is 4.39 Å². The van der Waals surface area contributed by atoms with Crippen LogP contribution < -0.4 is 4.74 Å². The third kappa shape index (κ3) is 5.35. The van der Waals surface area contributed by atoms with E-state index in [-0.39, 0.29) is 47.3 Å². The second kappa shape index (κ2) is 9.83. The highest BCUT2D eigenvalue weighted by Gasteiger charge is 2.32. The van der Waals surface area contributed by atoms with Gasteiger partial charge < -0.3 is 9.64 Å². The van der Waals surface area contributed by atoms with E-state index in [2.05, 4.69) is 4.90 Å². The fraction of sp³-hybridized carbons (Fsp3) is 0.375. The van der Waals surface area contributed by atoms with Gasteiger partial charge in [0.2, 0.25) is 0 Å². The molecule has 0 radical (unpaired) electrons. The summed E-state index contributed by atoms with van der Waals surface area (Å²) >= 11 is 0. The summed E-state index contributed by atoms with van der Waals surface area (Å²) in [7, 11) is 0. The van der Waals surface area contributed by atoms with E-state index in [1.165, 1.54) is 12.1 Å². The zero-order valence-electron chi connectivity index (χ0n) is 18.0. The maximum Gasteiger partial charge on any atom is 0.260 e. The van der Waals surface area contributed by atoms with Gasteiger partial charge in [-0.25, -0.2) is 4.39 Å². The molecule has 0 saturated carbocycles. The summed E-state index contributed by atoms with van der Waals surface area (Å²) in [6.07, 6.45) is 1.25. The van der Waals surface area contributed by atoms with Crippen molar-refractivity contribution in [3.05, 3.63) is 64.5 Å². The molecule has 0 bridgehead atoms. The summed E-state index contributed by atoms with van der Waals surface area (Å²) in [6.45, 7) is 7.43. The Morgan fingerprint density at radius 2 is 1.68 bits per heavy atom. The number of nitrogens with zero attached hydrogens (tertiary/aromatic N) is 2. The average molecular weight is 426 g/mol. The smallest absolute Gasteiger partial charge is 0.260 e. The number of aldehydes is 2. The Bertz CT molecular complexity index is 932. The standard InChI is InChI=1S/C24H27FN2O4/c1-16-8-20(13-28)24(21(9-16)14-29)31-15-23(30)27-11-17(2)26(10-18(27)3)12-19-4-6-22(25)7-5-19/h4-9,13-14,17-18H,10-12,15H2,1-3H3/t17-,18+/m0/s1. The summed E-state index contributed by atoms with van der Waals surface area (Å²) in [5.41, 5.74) is 2.29. The molecule has 1 aliphatic rings. The van der Waals surface area contributed by atoms with E-state index in [1.54, 1.807) is 36.1 Å². The number of hydrogen-bond donors (Lipinski definition) is 0. The van der Waals surface area contributed by atoms with E-state index in [9.17, 15) is 18.8 Å². The van der Waals surface area contributed by atoms with E-state index in [0.717, 1.165) is 11.1 Å². The van der Waals surface area contributed by atoms with Gasteiger partial charge in [-0.05, 0) is 56.2 Å². The minimum absolute atomic E-state index is 0.0400. The Kier molecular flexibility index (Phi) is 7.17. The van der Waals surface area contributed by atoms with E-state index in [4.69, 9.17) is 4.74 Å². The number of hydrogen-bond acceptors (Lipinski definition) is 5. The topological polar surface area (TPSA) is 66.9 Å². The number of amides is 1. The highest BCUT2D eigenvalue weighted by atomic mass is 19.1. The molecule has 1 fully saturated rings. The first kappa shape index (κ1) is 22.6. The quantitative estimate of drug-likeness (QED) is 0.636. The van der Waals surface area contributed by atoms with Gasteiger partial charge in [0, 0.05) is 31.7 Å². The Hall–Kier alpha value is -3.06. The van der Waals surface area contributed by atoms with Crippen LogP contribution in [0.25, 0.3) is 0 Å². The summed E-state index contributed by atoms with van der Waals surface area (Å²) in [5.74, 6) is -0.320. The summed E-state index contributed by atoms with van der Waals surface area (Å²) in [6, 6.07) is 9.77. The molecule has 0 aliphatic carbocycles. The van der Waals surface area contributed by atoms with Crippen molar-refractivity contribution in [3.8, 4) is 5.75 Å². The monoisotopic (exact) mass is 426 g/mol. The highest BCUT2D eigenvalue weighted by Crippen LogP contribution is 2.24. The highest BCUT2D eigenvalue weighted by molar-refractivity contribution is 5.89. The van der Waals surface area contributed by atoms with Crippen LogP contribution >= 0.6 is 0 Å². The molecular formula is C24H27FN2O4.